The maximum atomic E-state index is 11.9. The molecule has 1 nitrogen and oxygen atoms in total. The van der Waals surface area contributed by atoms with E-state index in [0.29, 0.717) is 22.0 Å². The van der Waals surface area contributed by atoms with Crippen LogP contribution in [0.3, 0.4) is 0 Å². The summed E-state index contributed by atoms with van der Waals surface area (Å²) < 4.78 is 0. The van der Waals surface area contributed by atoms with Crippen LogP contribution in [0.4, 0.5) is 0 Å². The lowest BCUT2D eigenvalue weighted by atomic mass is 10.1. The van der Waals surface area contributed by atoms with E-state index in [1.807, 2.05) is 17.5 Å². The molecule has 0 aliphatic carbocycles. The number of hydrogen-bond donors (Lipinski definition) is 0. The van der Waals surface area contributed by atoms with Crippen molar-refractivity contribution in [3.05, 3.63) is 56.2 Å². The van der Waals surface area contributed by atoms with E-state index >= 15 is 0 Å². The molecule has 0 aliphatic rings. The van der Waals surface area contributed by atoms with E-state index in [4.69, 9.17) is 23.2 Å². The third kappa shape index (κ3) is 3.32. The van der Waals surface area contributed by atoms with Crippen LogP contribution in [0, 0.1) is 0 Å². The summed E-state index contributed by atoms with van der Waals surface area (Å²) in [5, 5.41) is 2.91. The highest BCUT2D eigenvalue weighted by Crippen LogP contribution is 2.23. The minimum Gasteiger partial charge on any atom is -0.294 e. The second kappa shape index (κ2) is 5.67. The largest absolute Gasteiger partial charge is 0.294 e. The smallest absolute Gasteiger partial charge is 0.163 e. The van der Waals surface area contributed by atoms with Crippen LogP contribution in [0.1, 0.15) is 21.7 Å². The predicted octanol–water partition coefficient (Wildman–Crippen LogP) is 4.87. The van der Waals surface area contributed by atoms with Gasteiger partial charge in [-0.05, 0) is 36.1 Å². The van der Waals surface area contributed by atoms with Crippen LogP contribution in [0.2, 0.25) is 10.0 Å². The fourth-order valence-corrected chi connectivity index (χ4v) is 2.51. The first-order chi connectivity index (χ1) is 8.16. The average Bonchev–Trinajstić information content (AvgIpc) is 2.82. The molecule has 1 aromatic heterocycles. The quantitative estimate of drug-likeness (QED) is 0.732. The van der Waals surface area contributed by atoms with Gasteiger partial charge in [0.25, 0.3) is 0 Å². The highest BCUT2D eigenvalue weighted by Gasteiger charge is 2.08. The maximum Gasteiger partial charge on any atom is 0.163 e. The summed E-state index contributed by atoms with van der Waals surface area (Å²) in [4.78, 5) is 13.1. The van der Waals surface area contributed by atoms with E-state index in [1.165, 1.54) is 4.88 Å². The molecule has 17 heavy (non-hydrogen) atoms. The SMILES string of the molecule is O=C(CCc1cccs1)c1ccc(Cl)c(Cl)c1. The van der Waals surface area contributed by atoms with Gasteiger partial charge >= 0.3 is 0 Å². The van der Waals surface area contributed by atoms with Crippen molar-refractivity contribution < 1.29 is 4.79 Å². The number of benzene rings is 1. The molecule has 0 saturated heterocycles. The van der Waals surface area contributed by atoms with E-state index in [-0.39, 0.29) is 5.78 Å². The number of halogens is 2. The molecular weight excluding hydrogens is 275 g/mol. The summed E-state index contributed by atoms with van der Waals surface area (Å²) in [6.07, 6.45) is 1.27. The van der Waals surface area contributed by atoms with Crippen molar-refractivity contribution >= 4 is 40.3 Å². The zero-order valence-corrected chi connectivity index (χ0v) is 11.3. The molecule has 0 fully saturated rings. The number of ketones is 1. The van der Waals surface area contributed by atoms with Gasteiger partial charge in [-0.2, -0.15) is 0 Å². The van der Waals surface area contributed by atoms with E-state index in [1.54, 1.807) is 29.5 Å². The van der Waals surface area contributed by atoms with E-state index in [0.717, 1.165) is 6.42 Å². The molecule has 0 atom stereocenters. The maximum absolute atomic E-state index is 11.9. The monoisotopic (exact) mass is 284 g/mol. The van der Waals surface area contributed by atoms with Crippen molar-refractivity contribution in [1.82, 2.24) is 0 Å². The zero-order chi connectivity index (χ0) is 12.3. The molecule has 0 spiro atoms. The number of Topliss-reactive ketones (excluding diaryl/α,β-unsaturated/α-hetero) is 1. The molecule has 0 saturated carbocycles. The summed E-state index contributed by atoms with van der Waals surface area (Å²) in [5.74, 6) is 0.0944. The second-order valence-corrected chi connectivity index (χ2v) is 5.48. The van der Waals surface area contributed by atoms with Gasteiger partial charge in [0, 0.05) is 16.9 Å². The second-order valence-electron chi connectivity index (χ2n) is 3.63. The summed E-state index contributed by atoms with van der Waals surface area (Å²) in [6, 6.07) is 9.02. The number of carbonyl (C=O) groups is 1. The molecule has 2 rings (SSSR count). The van der Waals surface area contributed by atoms with Crippen molar-refractivity contribution in [2.24, 2.45) is 0 Å². The molecule has 0 bridgehead atoms. The Morgan fingerprint density at radius 1 is 1.18 bits per heavy atom. The van der Waals surface area contributed by atoms with E-state index in [2.05, 4.69) is 0 Å². The van der Waals surface area contributed by atoms with Crippen molar-refractivity contribution in [3.63, 3.8) is 0 Å². The Hall–Kier alpha value is -0.830. The van der Waals surface area contributed by atoms with Crippen LogP contribution in [-0.2, 0) is 6.42 Å². The Morgan fingerprint density at radius 2 is 2.00 bits per heavy atom. The molecule has 4 heteroatoms. The van der Waals surface area contributed by atoms with Crippen molar-refractivity contribution in [2.75, 3.05) is 0 Å². The molecule has 1 aromatic carbocycles. The van der Waals surface area contributed by atoms with Crippen LogP contribution in [-0.4, -0.2) is 5.78 Å². The molecular formula is C13H10Cl2OS. The van der Waals surface area contributed by atoms with Crippen LogP contribution in [0.5, 0.6) is 0 Å². The lowest BCUT2D eigenvalue weighted by Gasteiger charge is -2.02. The summed E-state index contributed by atoms with van der Waals surface area (Å²) >= 11 is 13.3. The number of thiophene rings is 1. The number of carbonyl (C=O) groups excluding carboxylic acids is 1. The third-order valence-electron chi connectivity index (χ3n) is 2.42. The normalized spacial score (nSPS) is 10.5. The van der Waals surface area contributed by atoms with Gasteiger partial charge in [0.2, 0.25) is 0 Å². The first-order valence-electron chi connectivity index (χ1n) is 5.17. The van der Waals surface area contributed by atoms with Crippen LogP contribution >= 0.6 is 34.5 Å². The first-order valence-corrected chi connectivity index (χ1v) is 6.81. The predicted molar refractivity (Wildman–Crippen MR) is 73.4 cm³/mol. The highest BCUT2D eigenvalue weighted by atomic mass is 35.5. The van der Waals surface area contributed by atoms with Gasteiger partial charge in [0.15, 0.2) is 5.78 Å². The standard InChI is InChI=1S/C13H10Cl2OS/c14-11-5-3-9(8-12(11)15)13(16)6-4-10-2-1-7-17-10/h1-3,5,7-8H,4,6H2. The molecule has 0 amide bonds. The minimum atomic E-state index is 0.0944. The van der Waals surface area contributed by atoms with Gasteiger partial charge in [-0.25, -0.2) is 0 Å². The van der Waals surface area contributed by atoms with Crippen molar-refractivity contribution in [2.45, 2.75) is 12.8 Å². The summed E-state index contributed by atoms with van der Waals surface area (Å²) in [5.41, 5.74) is 0.621. The van der Waals surface area contributed by atoms with Crippen molar-refractivity contribution in [1.29, 1.82) is 0 Å². The lowest BCUT2D eigenvalue weighted by Crippen LogP contribution is -2.00. The molecule has 0 aliphatic heterocycles. The molecule has 88 valence electrons. The number of hydrogen-bond acceptors (Lipinski definition) is 2. The molecule has 1 heterocycles. The topological polar surface area (TPSA) is 17.1 Å². The fourth-order valence-electron chi connectivity index (χ4n) is 1.51. The summed E-state index contributed by atoms with van der Waals surface area (Å²) in [6.45, 7) is 0. The van der Waals surface area contributed by atoms with E-state index in [9.17, 15) is 4.79 Å². The average molecular weight is 285 g/mol. The lowest BCUT2D eigenvalue weighted by molar-refractivity contribution is 0.0983. The Morgan fingerprint density at radius 3 is 2.65 bits per heavy atom. The van der Waals surface area contributed by atoms with Gasteiger partial charge in [-0.3, -0.25) is 4.79 Å². The zero-order valence-electron chi connectivity index (χ0n) is 8.95. The Balaban J connectivity index is 2.02. The Labute approximate surface area is 114 Å². The molecule has 2 aromatic rings. The highest BCUT2D eigenvalue weighted by molar-refractivity contribution is 7.09. The molecule has 0 unspecified atom stereocenters. The molecule has 0 N–H and O–H groups in total. The fraction of sp³-hybridized carbons (Fsp3) is 0.154. The number of aryl methyl sites for hydroxylation is 1. The number of rotatable bonds is 4. The van der Waals surface area contributed by atoms with Crippen LogP contribution in [0.25, 0.3) is 0 Å². The first kappa shape index (κ1) is 12.6. The van der Waals surface area contributed by atoms with E-state index < -0.39 is 0 Å². The van der Waals surface area contributed by atoms with Gasteiger partial charge in [0.05, 0.1) is 10.0 Å². The van der Waals surface area contributed by atoms with Crippen LogP contribution < -0.4 is 0 Å². The molecule has 0 radical (unpaired) electrons. The van der Waals surface area contributed by atoms with Gasteiger partial charge < -0.3 is 0 Å². The van der Waals surface area contributed by atoms with Gasteiger partial charge in [0.1, 0.15) is 0 Å². The van der Waals surface area contributed by atoms with Gasteiger partial charge in [-0.1, -0.05) is 29.3 Å². The minimum absolute atomic E-state index is 0.0944. The Kier molecular flexibility index (Phi) is 4.21. The van der Waals surface area contributed by atoms with Gasteiger partial charge in [-0.15, -0.1) is 11.3 Å². The Bertz CT molecular complexity index is 520. The van der Waals surface area contributed by atoms with Crippen LogP contribution in [0.15, 0.2) is 35.7 Å². The summed E-state index contributed by atoms with van der Waals surface area (Å²) in [7, 11) is 0. The third-order valence-corrected chi connectivity index (χ3v) is 4.10. The van der Waals surface area contributed by atoms with Crippen molar-refractivity contribution in [3.8, 4) is 0 Å².